The minimum absolute atomic E-state index is 0.0108. The molecule has 0 saturated carbocycles. The van der Waals surface area contributed by atoms with Gasteiger partial charge in [0.15, 0.2) is 5.13 Å². The molecule has 1 N–H and O–H groups in total. The van der Waals surface area contributed by atoms with Crippen LogP contribution in [0.25, 0.3) is 21.8 Å². The molecule has 0 spiro atoms. The Labute approximate surface area is 213 Å². The van der Waals surface area contributed by atoms with Crippen molar-refractivity contribution in [3.63, 3.8) is 0 Å². The van der Waals surface area contributed by atoms with Gasteiger partial charge in [0.2, 0.25) is 15.3 Å². The summed E-state index contributed by atoms with van der Waals surface area (Å²) in [6.45, 7) is 2.34. The summed E-state index contributed by atoms with van der Waals surface area (Å²) in [4.78, 5) is 15.6. The number of sulfonamides is 1. The molecule has 4 rings (SSSR count). The molecule has 15 heteroatoms. The Bertz CT molecular complexity index is 1320. The normalized spacial score (nSPS) is 14.8. The number of nitrogens with zero attached hydrogens (tertiary/aromatic N) is 4. The highest BCUT2D eigenvalue weighted by Gasteiger charge is 2.30. The van der Waals surface area contributed by atoms with E-state index in [0.717, 1.165) is 0 Å². The van der Waals surface area contributed by atoms with Crippen LogP contribution < -0.4 is 9.62 Å². The summed E-state index contributed by atoms with van der Waals surface area (Å²) in [7, 11) is -4.30. The lowest BCUT2D eigenvalue weighted by Gasteiger charge is -2.26. The summed E-state index contributed by atoms with van der Waals surface area (Å²) in [6.07, 6.45) is -4.59. The fourth-order valence-electron chi connectivity index (χ4n) is 3.28. The van der Waals surface area contributed by atoms with Crippen molar-refractivity contribution in [2.75, 3.05) is 41.7 Å². The van der Waals surface area contributed by atoms with Crippen molar-refractivity contribution in [2.45, 2.75) is 12.6 Å². The van der Waals surface area contributed by atoms with Crippen LogP contribution in [0.15, 0.2) is 30.5 Å². The standard InChI is InChI=1S/C20H18Cl2F3N5O3S2/c21-15-12(2-1-3-13(15)29-35(31,32)11-5-20(23,24)25)16-17(14-4-6-26-18(22)27-14)34-19(28-16)30-7-9-33-10-8-30/h1-4,6,29H,5,7-11H2. The molecule has 1 fully saturated rings. The highest BCUT2D eigenvalue weighted by molar-refractivity contribution is 7.92. The van der Waals surface area contributed by atoms with E-state index in [0.29, 0.717) is 53.3 Å². The van der Waals surface area contributed by atoms with Gasteiger partial charge in [-0.3, -0.25) is 4.72 Å². The van der Waals surface area contributed by atoms with E-state index in [2.05, 4.69) is 14.7 Å². The molecule has 0 bridgehead atoms. The number of morpholine rings is 1. The molecule has 1 aliphatic heterocycles. The molecule has 0 amide bonds. The number of rotatable bonds is 7. The number of hydrogen-bond donors (Lipinski definition) is 1. The largest absolute Gasteiger partial charge is 0.390 e. The number of ether oxygens (including phenoxy) is 1. The van der Waals surface area contributed by atoms with Crippen LogP contribution in [-0.2, 0) is 14.8 Å². The Hall–Kier alpha value is -2.19. The van der Waals surface area contributed by atoms with Crippen molar-refractivity contribution < 1.29 is 26.3 Å². The van der Waals surface area contributed by atoms with Gasteiger partial charge in [0.25, 0.3) is 0 Å². The minimum Gasteiger partial charge on any atom is -0.378 e. The predicted octanol–water partition coefficient (Wildman–Crippen LogP) is 5.10. The van der Waals surface area contributed by atoms with Crippen molar-refractivity contribution in [1.29, 1.82) is 0 Å². The lowest BCUT2D eigenvalue weighted by Crippen LogP contribution is -2.36. The first-order valence-electron chi connectivity index (χ1n) is 10.2. The van der Waals surface area contributed by atoms with Gasteiger partial charge >= 0.3 is 6.18 Å². The zero-order valence-corrected chi connectivity index (χ0v) is 21.0. The molecular weight excluding hydrogens is 550 g/mol. The molecule has 1 aromatic carbocycles. The molecule has 188 valence electrons. The third-order valence-corrected chi connectivity index (χ3v) is 7.93. The summed E-state index contributed by atoms with van der Waals surface area (Å²) in [6, 6.07) is 6.20. The zero-order valence-electron chi connectivity index (χ0n) is 17.8. The van der Waals surface area contributed by atoms with Gasteiger partial charge in [0.1, 0.15) is 0 Å². The number of nitrogens with one attached hydrogen (secondary N) is 1. The summed E-state index contributed by atoms with van der Waals surface area (Å²) in [5.41, 5.74) is 1.24. The van der Waals surface area contributed by atoms with Gasteiger partial charge in [0, 0.05) is 24.8 Å². The fraction of sp³-hybridized carbons (Fsp3) is 0.350. The van der Waals surface area contributed by atoms with E-state index in [-0.39, 0.29) is 16.0 Å². The van der Waals surface area contributed by atoms with E-state index in [4.69, 9.17) is 32.9 Å². The lowest BCUT2D eigenvalue weighted by molar-refractivity contribution is -0.129. The second-order valence-corrected chi connectivity index (χ2v) is 11.0. The highest BCUT2D eigenvalue weighted by atomic mass is 35.5. The quantitative estimate of drug-likeness (QED) is 0.396. The molecule has 0 aliphatic carbocycles. The average Bonchev–Trinajstić information content (AvgIpc) is 3.25. The van der Waals surface area contributed by atoms with Crippen molar-refractivity contribution in [3.05, 3.63) is 40.8 Å². The highest BCUT2D eigenvalue weighted by Crippen LogP contribution is 2.44. The Morgan fingerprint density at radius 3 is 2.57 bits per heavy atom. The van der Waals surface area contributed by atoms with Crippen LogP contribution in [0, 0.1) is 0 Å². The summed E-state index contributed by atoms with van der Waals surface area (Å²) in [5.74, 6) is -1.13. The molecular formula is C20H18Cl2F3N5O3S2. The van der Waals surface area contributed by atoms with Crippen LogP contribution in [0.5, 0.6) is 0 Å². The molecule has 3 heterocycles. The summed E-state index contributed by atoms with van der Waals surface area (Å²) >= 11 is 13.9. The van der Waals surface area contributed by atoms with E-state index in [1.54, 1.807) is 12.1 Å². The van der Waals surface area contributed by atoms with Gasteiger partial charge in [0.05, 0.1) is 52.4 Å². The molecule has 1 saturated heterocycles. The fourth-order valence-corrected chi connectivity index (χ4v) is 5.95. The van der Waals surface area contributed by atoms with Gasteiger partial charge in [-0.2, -0.15) is 13.2 Å². The van der Waals surface area contributed by atoms with Crippen LogP contribution in [-0.4, -0.2) is 61.6 Å². The van der Waals surface area contributed by atoms with E-state index in [1.807, 2.05) is 4.90 Å². The maximum atomic E-state index is 12.5. The number of alkyl halides is 3. The SMILES string of the molecule is O=S(=O)(CCC(F)(F)F)Nc1cccc(-c2nc(N3CCOCC3)sc2-c2ccnc(Cl)n2)c1Cl. The van der Waals surface area contributed by atoms with Crippen LogP contribution in [0.2, 0.25) is 10.3 Å². The van der Waals surface area contributed by atoms with E-state index >= 15 is 0 Å². The molecule has 0 atom stereocenters. The van der Waals surface area contributed by atoms with Gasteiger partial charge in [-0.1, -0.05) is 35.1 Å². The van der Waals surface area contributed by atoms with Gasteiger partial charge < -0.3 is 9.64 Å². The van der Waals surface area contributed by atoms with Crippen molar-refractivity contribution in [2.24, 2.45) is 0 Å². The maximum absolute atomic E-state index is 12.5. The van der Waals surface area contributed by atoms with Crippen LogP contribution in [0.1, 0.15) is 6.42 Å². The smallest absolute Gasteiger partial charge is 0.378 e. The van der Waals surface area contributed by atoms with Crippen molar-refractivity contribution >= 4 is 55.4 Å². The zero-order chi connectivity index (χ0) is 25.2. The van der Waals surface area contributed by atoms with Crippen LogP contribution >= 0.6 is 34.5 Å². The number of halogens is 5. The first kappa shape index (κ1) is 25.9. The Morgan fingerprint density at radius 2 is 1.89 bits per heavy atom. The molecule has 0 unspecified atom stereocenters. The molecule has 1 aliphatic rings. The molecule has 35 heavy (non-hydrogen) atoms. The maximum Gasteiger partial charge on any atom is 0.390 e. The first-order chi connectivity index (χ1) is 16.5. The van der Waals surface area contributed by atoms with Gasteiger partial charge in [-0.25, -0.2) is 23.4 Å². The number of aromatic nitrogens is 3. The number of hydrogen-bond acceptors (Lipinski definition) is 8. The summed E-state index contributed by atoms with van der Waals surface area (Å²) in [5, 5.41) is 0.704. The second kappa shape index (κ2) is 10.4. The molecule has 3 aromatic rings. The van der Waals surface area contributed by atoms with Crippen LogP contribution in [0.4, 0.5) is 24.0 Å². The monoisotopic (exact) mass is 567 g/mol. The van der Waals surface area contributed by atoms with Gasteiger partial charge in [-0.05, 0) is 23.7 Å². The number of benzene rings is 1. The third-order valence-electron chi connectivity index (χ3n) is 4.93. The topological polar surface area (TPSA) is 97.3 Å². The third kappa shape index (κ3) is 6.53. The second-order valence-electron chi connectivity index (χ2n) is 7.44. The van der Waals surface area contributed by atoms with E-state index in [9.17, 15) is 21.6 Å². The number of anilines is 2. The van der Waals surface area contributed by atoms with Gasteiger partial charge in [-0.15, -0.1) is 0 Å². The lowest BCUT2D eigenvalue weighted by atomic mass is 10.1. The molecule has 8 nitrogen and oxygen atoms in total. The first-order valence-corrected chi connectivity index (χ1v) is 13.4. The molecule has 0 radical (unpaired) electrons. The Kier molecular flexibility index (Phi) is 7.71. The van der Waals surface area contributed by atoms with Crippen molar-refractivity contribution in [3.8, 4) is 21.8 Å². The molecule has 2 aromatic heterocycles. The van der Waals surface area contributed by atoms with E-state index in [1.165, 1.54) is 29.7 Å². The Morgan fingerprint density at radius 1 is 1.14 bits per heavy atom. The predicted molar refractivity (Wildman–Crippen MR) is 130 cm³/mol. The average molecular weight is 568 g/mol. The summed E-state index contributed by atoms with van der Waals surface area (Å²) < 4.78 is 69.6. The minimum atomic E-state index is -4.61. The number of thiazole rings is 1. The Balaban J connectivity index is 1.74. The van der Waals surface area contributed by atoms with Crippen molar-refractivity contribution in [1.82, 2.24) is 15.0 Å². The van der Waals surface area contributed by atoms with Crippen LogP contribution in [0.3, 0.4) is 0 Å². The van der Waals surface area contributed by atoms with E-state index < -0.39 is 28.4 Å².